The average Bonchev–Trinajstić information content (AvgIpc) is 2.48. The summed E-state index contributed by atoms with van der Waals surface area (Å²) in [6, 6.07) is 15.9. The van der Waals surface area contributed by atoms with E-state index in [1.165, 1.54) is 4.57 Å². The highest BCUT2D eigenvalue weighted by molar-refractivity contribution is 5.77. The summed E-state index contributed by atoms with van der Waals surface area (Å²) in [4.78, 5) is 16.7. The molecule has 0 spiro atoms. The first-order valence-corrected chi connectivity index (χ1v) is 5.93. The minimum atomic E-state index is -0.783. The maximum Gasteiger partial charge on any atom is 0.266 e. The maximum absolute atomic E-state index is 13.2. The van der Waals surface area contributed by atoms with Gasteiger partial charge in [-0.05, 0) is 24.3 Å². The van der Waals surface area contributed by atoms with Crippen LogP contribution in [-0.4, -0.2) is 9.55 Å². The summed E-state index contributed by atoms with van der Waals surface area (Å²) < 4.78 is 14.5. The van der Waals surface area contributed by atoms with E-state index in [1.807, 2.05) is 6.07 Å². The molecule has 1 heterocycles. The smallest absolute Gasteiger partial charge is 0.266 e. The van der Waals surface area contributed by atoms with Crippen molar-refractivity contribution in [3.05, 3.63) is 70.8 Å². The molecule has 2 aromatic carbocycles. The van der Waals surface area contributed by atoms with Gasteiger partial charge in [-0.15, -0.1) is 0 Å². The number of halogens is 1. The van der Waals surface area contributed by atoms with Crippen LogP contribution in [0.1, 0.15) is 5.82 Å². The summed E-state index contributed by atoms with van der Waals surface area (Å²) in [5.74, 6) is 0.120. The van der Waals surface area contributed by atoms with Crippen molar-refractivity contribution < 1.29 is 4.39 Å². The van der Waals surface area contributed by atoms with Gasteiger partial charge in [0.15, 0.2) is 0 Å². The van der Waals surface area contributed by atoms with Crippen molar-refractivity contribution in [2.24, 2.45) is 0 Å². The SMILES string of the molecule is O=c1c2ccccc2nc(CF)n1-c1ccccc1. The van der Waals surface area contributed by atoms with Crippen LogP contribution in [0.4, 0.5) is 4.39 Å². The molecule has 0 saturated heterocycles. The summed E-state index contributed by atoms with van der Waals surface area (Å²) in [5.41, 5.74) is 0.898. The van der Waals surface area contributed by atoms with Crippen molar-refractivity contribution in [3.63, 3.8) is 0 Å². The normalized spacial score (nSPS) is 10.8. The fourth-order valence-corrected chi connectivity index (χ4v) is 2.11. The zero-order chi connectivity index (χ0) is 13.2. The molecule has 19 heavy (non-hydrogen) atoms. The summed E-state index contributed by atoms with van der Waals surface area (Å²) >= 11 is 0. The van der Waals surface area contributed by atoms with Crippen LogP contribution >= 0.6 is 0 Å². The van der Waals surface area contributed by atoms with Crippen LogP contribution in [-0.2, 0) is 6.67 Å². The molecule has 0 fully saturated rings. The van der Waals surface area contributed by atoms with Gasteiger partial charge in [0.05, 0.1) is 16.6 Å². The molecule has 0 unspecified atom stereocenters. The molecule has 1 aromatic heterocycles. The van der Waals surface area contributed by atoms with Gasteiger partial charge in [0, 0.05) is 0 Å². The second-order valence-corrected chi connectivity index (χ2v) is 4.15. The summed E-state index contributed by atoms with van der Waals surface area (Å²) in [6.07, 6.45) is 0. The van der Waals surface area contributed by atoms with Gasteiger partial charge in [-0.1, -0.05) is 30.3 Å². The third kappa shape index (κ3) is 1.91. The first-order chi connectivity index (χ1) is 9.31. The zero-order valence-corrected chi connectivity index (χ0v) is 10.1. The van der Waals surface area contributed by atoms with E-state index in [2.05, 4.69) is 4.98 Å². The molecule has 0 aliphatic rings. The summed E-state index contributed by atoms with van der Waals surface area (Å²) in [6.45, 7) is -0.783. The van der Waals surface area contributed by atoms with Crippen LogP contribution in [0.5, 0.6) is 0 Å². The van der Waals surface area contributed by atoms with E-state index < -0.39 is 6.67 Å². The minimum Gasteiger partial charge on any atom is -0.268 e. The molecule has 3 nitrogen and oxygen atoms in total. The van der Waals surface area contributed by atoms with Gasteiger partial charge in [-0.3, -0.25) is 9.36 Å². The van der Waals surface area contributed by atoms with Crippen LogP contribution in [0.25, 0.3) is 16.6 Å². The van der Waals surface area contributed by atoms with Crippen LogP contribution in [0.15, 0.2) is 59.4 Å². The van der Waals surface area contributed by atoms with Crippen molar-refractivity contribution >= 4 is 10.9 Å². The summed E-state index contributed by atoms with van der Waals surface area (Å²) in [7, 11) is 0. The fourth-order valence-electron chi connectivity index (χ4n) is 2.11. The number of hydrogen-bond donors (Lipinski definition) is 0. The quantitative estimate of drug-likeness (QED) is 0.704. The highest BCUT2D eigenvalue weighted by atomic mass is 19.1. The van der Waals surface area contributed by atoms with Crippen LogP contribution in [0, 0.1) is 0 Å². The van der Waals surface area contributed by atoms with Crippen LogP contribution in [0.3, 0.4) is 0 Å². The van der Waals surface area contributed by atoms with E-state index in [0.717, 1.165) is 0 Å². The van der Waals surface area contributed by atoms with Crippen molar-refractivity contribution in [2.45, 2.75) is 6.67 Å². The molecular weight excluding hydrogens is 243 g/mol. The second-order valence-electron chi connectivity index (χ2n) is 4.15. The lowest BCUT2D eigenvalue weighted by Crippen LogP contribution is -2.23. The number of alkyl halides is 1. The number of fused-ring (bicyclic) bond motifs is 1. The summed E-state index contributed by atoms with van der Waals surface area (Å²) in [5, 5.41) is 0.489. The molecule has 0 atom stereocenters. The predicted molar refractivity (Wildman–Crippen MR) is 72.2 cm³/mol. The van der Waals surface area contributed by atoms with Crippen molar-refractivity contribution in [1.82, 2.24) is 9.55 Å². The standard InChI is InChI=1S/C15H11FN2O/c16-10-14-17-13-9-5-4-8-12(13)15(19)18(14)11-6-2-1-3-7-11/h1-9H,10H2. The molecule has 0 aliphatic heterocycles. The molecule has 0 amide bonds. The lowest BCUT2D eigenvalue weighted by Gasteiger charge is -2.11. The van der Waals surface area contributed by atoms with Gasteiger partial charge < -0.3 is 0 Å². The van der Waals surface area contributed by atoms with Crippen molar-refractivity contribution in [1.29, 1.82) is 0 Å². The van der Waals surface area contributed by atoms with E-state index in [0.29, 0.717) is 16.6 Å². The van der Waals surface area contributed by atoms with Gasteiger partial charge in [0.25, 0.3) is 5.56 Å². The lowest BCUT2D eigenvalue weighted by molar-refractivity contribution is 0.457. The van der Waals surface area contributed by atoms with Gasteiger partial charge in [0.2, 0.25) is 0 Å². The molecular formula is C15H11FN2O. The zero-order valence-electron chi connectivity index (χ0n) is 10.1. The van der Waals surface area contributed by atoms with E-state index >= 15 is 0 Å². The Bertz CT molecular complexity index is 781. The highest BCUT2D eigenvalue weighted by Gasteiger charge is 2.11. The van der Waals surface area contributed by atoms with Crippen LogP contribution < -0.4 is 5.56 Å². The number of hydrogen-bond acceptors (Lipinski definition) is 2. The van der Waals surface area contributed by atoms with E-state index in [1.54, 1.807) is 48.5 Å². The molecule has 0 bridgehead atoms. The van der Waals surface area contributed by atoms with Crippen LogP contribution in [0.2, 0.25) is 0 Å². The highest BCUT2D eigenvalue weighted by Crippen LogP contribution is 2.13. The molecule has 4 heteroatoms. The molecule has 0 aliphatic carbocycles. The third-order valence-electron chi connectivity index (χ3n) is 2.98. The molecule has 0 N–H and O–H groups in total. The van der Waals surface area contributed by atoms with Gasteiger partial charge in [-0.25, -0.2) is 9.37 Å². The van der Waals surface area contributed by atoms with Crippen molar-refractivity contribution in [3.8, 4) is 5.69 Å². The average molecular weight is 254 g/mol. The monoisotopic (exact) mass is 254 g/mol. The first kappa shape index (κ1) is 11.6. The van der Waals surface area contributed by atoms with Crippen molar-refractivity contribution in [2.75, 3.05) is 0 Å². The minimum absolute atomic E-state index is 0.120. The molecule has 3 aromatic rings. The Labute approximate surface area is 109 Å². The molecule has 3 rings (SSSR count). The Morgan fingerprint density at radius 2 is 1.68 bits per heavy atom. The number of benzene rings is 2. The number of aromatic nitrogens is 2. The third-order valence-corrected chi connectivity index (χ3v) is 2.98. The maximum atomic E-state index is 13.2. The number of para-hydroxylation sites is 2. The molecule has 94 valence electrons. The predicted octanol–water partition coefficient (Wildman–Crippen LogP) is 2.86. The van der Waals surface area contributed by atoms with Gasteiger partial charge in [0.1, 0.15) is 12.5 Å². The largest absolute Gasteiger partial charge is 0.268 e. The van der Waals surface area contributed by atoms with E-state index in [-0.39, 0.29) is 11.4 Å². The second kappa shape index (κ2) is 4.65. The van der Waals surface area contributed by atoms with Gasteiger partial charge in [-0.2, -0.15) is 0 Å². The van der Waals surface area contributed by atoms with Gasteiger partial charge >= 0.3 is 0 Å². The molecule has 0 saturated carbocycles. The Balaban J connectivity index is 2.41. The Kier molecular flexibility index (Phi) is 2.83. The number of nitrogens with zero attached hydrogens (tertiary/aromatic N) is 2. The molecule has 0 radical (unpaired) electrons. The Morgan fingerprint density at radius 3 is 2.42 bits per heavy atom. The fraction of sp³-hybridized carbons (Fsp3) is 0.0667. The Morgan fingerprint density at radius 1 is 1.00 bits per heavy atom. The van der Waals surface area contributed by atoms with E-state index in [4.69, 9.17) is 0 Å². The Hall–Kier alpha value is -2.49. The topological polar surface area (TPSA) is 34.9 Å². The first-order valence-electron chi connectivity index (χ1n) is 5.93. The number of rotatable bonds is 2. The lowest BCUT2D eigenvalue weighted by atomic mass is 10.2. The van der Waals surface area contributed by atoms with E-state index in [9.17, 15) is 9.18 Å².